The molecule has 0 radical (unpaired) electrons. The Bertz CT molecular complexity index is 362. The van der Waals surface area contributed by atoms with E-state index in [0.29, 0.717) is 6.54 Å². The van der Waals surface area contributed by atoms with Crippen LogP contribution in [0.1, 0.15) is 75.2 Å². The molecule has 108 valence electrons. The average molecular weight is 266 g/mol. The average Bonchev–Trinajstić information content (AvgIpc) is 2.87. The predicted molar refractivity (Wildman–Crippen MR) is 76.1 cm³/mol. The second kappa shape index (κ2) is 9.53. The first-order valence-electron chi connectivity index (χ1n) is 7.47. The maximum Gasteiger partial charge on any atom is 0.290 e. The van der Waals surface area contributed by atoms with Gasteiger partial charge in [0.05, 0.1) is 0 Å². The zero-order valence-corrected chi connectivity index (χ0v) is 12.2. The summed E-state index contributed by atoms with van der Waals surface area (Å²) in [5.74, 6) is 0.869. The Hall–Kier alpha value is -1.39. The summed E-state index contributed by atoms with van der Waals surface area (Å²) >= 11 is 0. The molecule has 1 heterocycles. The van der Waals surface area contributed by atoms with Crippen molar-refractivity contribution in [3.63, 3.8) is 0 Å². The number of aromatic amines is 1. The van der Waals surface area contributed by atoms with E-state index in [1.807, 2.05) is 0 Å². The van der Waals surface area contributed by atoms with Crippen molar-refractivity contribution in [3.05, 3.63) is 11.6 Å². The minimum absolute atomic E-state index is 0.174. The summed E-state index contributed by atoms with van der Waals surface area (Å²) in [6, 6.07) is 0. The molecule has 1 aromatic rings. The van der Waals surface area contributed by atoms with Gasteiger partial charge in [0.1, 0.15) is 5.82 Å². The van der Waals surface area contributed by atoms with Crippen LogP contribution in [-0.2, 0) is 6.42 Å². The van der Waals surface area contributed by atoms with Crippen LogP contribution in [0.15, 0.2) is 0 Å². The molecule has 19 heavy (non-hydrogen) atoms. The number of aryl methyl sites for hydroxylation is 1. The zero-order chi connectivity index (χ0) is 13.9. The van der Waals surface area contributed by atoms with Crippen molar-refractivity contribution in [3.8, 4) is 0 Å². The molecule has 0 atom stereocenters. The highest BCUT2D eigenvalue weighted by atomic mass is 16.2. The monoisotopic (exact) mass is 266 g/mol. The minimum Gasteiger partial charge on any atom is -0.349 e. The Balaban J connectivity index is 2.13. The third-order valence-corrected chi connectivity index (χ3v) is 3.04. The number of aromatic nitrogens is 3. The van der Waals surface area contributed by atoms with E-state index in [1.54, 1.807) is 0 Å². The van der Waals surface area contributed by atoms with Crippen LogP contribution in [-0.4, -0.2) is 27.6 Å². The molecule has 1 amide bonds. The maximum atomic E-state index is 11.7. The number of nitrogens with one attached hydrogen (secondary N) is 2. The summed E-state index contributed by atoms with van der Waals surface area (Å²) < 4.78 is 0. The fourth-order valence-electron chi connectivity index (χ4n) is 1.93. The summed E-state index contributed by atoms with van der Waals surface area (Å²) in [4.78, 5) is 15.9. The molecule has 1 aromatic heterocycles. The normalized spacial score (nSPS) is 10.6. The Morgan fingerprint density at radius 2 is 1.84 bits per heavy atom. The minimum atomic E-state index is -0.174. The standard InChI is InChI=1S/C14H26N4O/c1-3-5-6-7-8-9-11-15-14(19)13-16-12(10-4-2)17-18-13/h3-11H2,1-2H3,(H,15,19)(H,16,17,18). The Labute approximate surface area is 115 Å². The van der Waals surface area contributed by atoms with Crippen molar-refractivity contribution in [1.82, 2.24) is 20.5 Å². The van der Waals surface area contributed by atoms with E-state index in [-0.39, 0.29) is 11.7 Å². The van der Waals surface area contributed by atoms with Gasteiger partial charge in [-0.05, 0) is 12.8 Å². The number of hydrogen-bond donors (Lipinski definition) is 2. The van der Waals surface area contributed by atoms with Crippen LogP contribution in [0.5, 0.6) is 0 Å². The Morgan fingerprint density at radius 1 is 1.11 bits per heavy atom. The number of H-pyrrole nitrogens is 1. The second-order valence-electron chi connectivity index (χ2n) is 4.88. The summed E-state index contributed by atoms with van der Waals surface area (Å²) in [5.41, 5.74) is 0. The van der Waals surface area contributed by atoms with Gasteiger partial charge in [-0.3, -0.25) is 9.89 Å². The molecule has 0 saturated heterocycles. The fourth-order valence-corrected chi connectivity index (χ4v) is 1.93. The molecule has 2 N–H and O–H groups in total. The zero-order valence-electron chi connectivity index (χ0n) is 12.2. The molecule has 0 fully saturated rings. The van der Waals surface area contributed by atoms with Gasteiger partial charge in [0.15, 0.2) is 0 Å². The summed E-state index contributed by atoms with van der Waals surface area (Å²) in [5, 5.41) is 9.58. The molecule has 0 unspecified atom stereocenters. The van der Waals surface area contributed by atoms with Crippen LogP contribution in [0, 0.1) is 0 Å². The highest BCUT2D eigenvalue weighted by molar-refractivity contribution is 5.90. The van der Waals surface area contributed by atoms with E-state index < -0.39 is 0 Å². The van der Waals surface area contributed by atoms with Gasteiger partial charge in [0.2, 0.25) is 5.82 Å². The molecule has 5 nitrogen and oxygen atoms in total. The summed E-state index contributed by atoms with van der Waals surface area (Å²) in [7, 11) is 0. The third kappa shape index (κ3) is 6.36. The molecule has 0 aliphatic carbocycles. The Kier molecular flexibility index (Phi) is 7.86. The SMILES string of the molecule is CCCCCCCCNC(=O)c1n[nH]c(CCC)n1. The van der Waals surface area contributed by atoms with Crippen molar-refractivity contribution >= 4 is 5.91 Å². The third-order valence-electron chi connectivity index (χ3n) is 3.04. The lowest BCUT2D eigenvalue weighted by Gasteiger charge is -2.02. The number of hydrogen-bond acceptors (Lipinski definition) is 3. The highest BCUT2D eigenvalue weighted by Crippen LogP contribution is 2.04. The van der Waals surface area contributed by atoms with Crippen LogP contribution in [0.4, 0.5) is 0 Å². The van der Waals surface area contributed by atoms with E-state index in [9.17, 15) is 4.79 Å². The van der Waals surface area contributed by atoms with Crippen molar-refractivity contribution in [2.24, 2.45) is 0 Å². The van der Waals surface area contributed by atoms with Crippen molar-refractivity contribution in [2.45, 2.75) is 65.2 Å². The van der Waals surface area contributed by atoms with Gasteiger partial charge in [-0.15, -0.1) is 5.10 Å². The van der Waals surface area contributed by atoms with E-state index in [2.05, 4.69) is 34.3 Å². The van der Waals surface area contributed by atoms with E-state index in [0.717, 1.165) is 25.1 Å². The van der Waals surface area contributed by atoms with Gasteiger partial charge in [-0.1, -0.05) is 46.0 Å². The molecule has 1 rings (SSSR count). The number of rotatable bonds is 10. The first-order valence-corrected chi connectivity index (χ1v) is 7.47. The van der Waals surface area contributed by atoms with Crippen molar-refractivity contribution in [2.75, 3.05) is 6.54 Å². The molecule has 0 bridgehead atoms. The number of nitrogens with zero attached hydrogens (tertiary/aromatic N) is 2. The largest absolute Gasteiger partial charge is 0.349 e. The predicted octanol–water partition coefficient (Wildman–Crippen LogP) is 2.85. The molecule has 0 aliphatic heterocycles. The van der Waals surface area contributed by atoms with E-state index in [4.69, 9.17) is 0 Å². The molecule has 0 aliphatic rings. The first kappa shape index (κ1) is 15.7. The topological polar surface area (TPSA) is 70.7 Å². The molecule has 0 aromatic carbocycles. The lowest BCUT2D eigenvalue weighted by atomic mass is 10.1. The summed E-state index contributed by atoms with van der Waals surface area (Å²) in [6.45, 7) is 4.99. The number of carbonyl (C=O) groups is 1. The van der Waals surface area contributed by atoms with Gasteiger partial charge in [0, 0.05) is 13.0 Å². The van der Waals surface area contributed by atoms with Gasteiger partial charge >= 0.3 is 0 Å². The van der Waals surface area contributed by atoms with Gasteiger partial charge in [0.25, 0.3) is 5.91 Å². The lowest BCUT2D eigenvalue weighted by Crippen LogP contribution is -2.25. The lowest BCUT2D eigenvalue weighted by molar-refractivity contribution is 0.0943. The van der Waals surface area contributed by atoms with E-state index >= 15 is 0 Å². The van der Waals surface area contributed by atoms with Crippen LogP contribution < -0.4 is 5.32 Å². The van der Waals surface area contributed by atoms with Crippen LogP contribution in [0.2, 0.25) is 0 Å². The Morgan fingerprint density at radius 3 is 2.58 bits per heavy atom. The molecule has 0 spiro atoms. The van der Waals surface area contributed by atoms with E-state index in [1.165, 1.54) is 32.1 Å². The molecule has 5 heteroatoms. The summed E-state index contributed by atoms with van der Waals surface area (Å²) in [6.07, 6.45) is 9.16. The highest BCUT2D eigenvalue weighted by Gasteiger charge is 2.10. The van der Waals surface area contributed by atoms with Gasteiger partial charge in [-0.25, -0.2) is 4.98 Å². The van der Waals surface area contributed by atoms with Crippen molar-refractivity contribution < 1.29 is 4.79 Å². The maximum absolute atomic E-state index is 11.7. The quantitative estimate of drug-likeness (QED) is 0.640. The van der Waals surface area contributed by atoms with Crippen LogP contribution in [0.25, 0.3) is 0 Å². The smallest absolute Gasteiger partial charge is 0.290 e. The van der Waals surface area contributed by atoms with Crippen LogP contribution >= 0.6 is 0 Å². The van der Waals surface area contributed by atoms with Crippen molar-refractivity contribution in [1.29, 1.82) is 0 Å². The van der Waals surface area contributed by atoms with Gasteiger partial charge < -0.3 is 5.32 Å². The van der Waals surface area contributed by atoms with Gasteiger partial charge in [-0.2, -0.15) is 0 Å². The fraction of sp³-hybridized carbons (Fsp3) is 0.786. The number of unbranched alkanes of at least 4 members (excludes halogenated alkanes) is 5. The number of amides is 1. The molecular formula is C14H26N4O. The first-order chi connectivity index (χ1) is 9.27. The number of carbonyl (C=O) groups excluding carboxylic acids is 1. The second-order valence-corrected chi connectivity index (χ2v) is 4.88. The molecule has 0 saturated carbocycles. The molecular weight excluding hydrogens is 240 g/mol. The van der Waals surface area contributed by atoms with Crippen LogP contribution in [0.3, 0.4) is 0 Å².